The van der Waals surface area contributed by atoms with E-state index in [1.54, 1.807) is 36.4 Å². The number of rotatable bonds is 3. The summed E-state index contributed by atoms with van der Waals surface area (Å²) in [5.41, 5.74) is -3.75. The number of aromatic nitrogens is 4. The van der Waals surface area contributed by atoms with Gasteiger partial charge in [-0.15, -0.1) is 0 Å². The molecule has 0 spiro atoms. The molecule has 0 saturated heterocycles. The third-order valence-corrected chi connectivity index (χ3v) is 4.02. The molecule has 0 aliphatic rings. The van der Waals surface area contributed by atoms with Crippen molar-refractivity contribution in [2.75, 3.05) is 0 Å². The van der Waals surface area contributed by atoms with Gasteiger partial charge in [0.15, 0.2) is 0 Å². The minimum atomic E-state index is -5.77. The highest BCUT2D eigenvalue weighted by Gasteiger charge is 2.48. The van der Waals surface area contributed by atoms with E-state index in [0.29, 0.717) is 16.5 Å². The summed E-state index contributed by atoms with van der Waals surface area (Å²) >= 11 is 0. The Kier molecular flexibility index (Phi) is 3.67. The third kappa shape index (κ3) is 3.02. The zero-order valence-electron chi connectivity index (χ0n) is 12.0. The monoisotopic (exact) mass is 358 g/mol. The molecule has 0 aromatic carbocycles. The smallest absolute Gasteiger partial charge is 0.355 e. The molecule has 0 bridgehead atoms. The fourth-order valence-electron chi connectivity index (χ4n) is 1.94. The summed E-state index contributed by atoms with van der Waals surface area (Å²) < 4.78 is 64.7. The second kappa shape index (κ2) is 5.44. The zero-order valence-corrected chi connectivity index (χ0v) is 12.8. The van der Waals surface area contributed by atoms with Crippen molar-refractivity contribution in [1.29, 1.82) is 0 Å². The number of nitrogens with zero attached hydrogens (tertiary/aromatic N) is 4. The van der Waals surface area contributed by atoms with Crippen molar-refractivity contribution >= 4 is 21.0 Å². The van der Waals surface area contributed by atoms with Gasteiger partial charge >= 0.3 is 15.6 Å². The maximum Gasteiger partial charge on any atom is 0.534 e. The third-order valence-electron chi connectivity index (χ3n) is 3.06. The fraction of sp³-hybridized carbons (Fsp3) is 0.154. The van der Waals surface area contributed by atoms with Crippen molar-refractivity contribution in [1.82, 2.24) is 19.7 Å². The van der Waals surface area contributed by atoms with Crippen LogP contribution < -0.4 is 4.18 Å². The van der Waals surface area contributed by atoms with Gasteiger partial charge in [-0.2, -0.15) is 26.7 Å². The standard InChI is InChI=1S/C13H9F3N4O3S/c1-20-7-10(5-19-20)9-2-8-3-12(18-6-11(8)17-4-9)23-24(21,22)13(14,15)16/h2-7H,1H3. The fourth-order valence-corrected chi connectivity index (χ4v) is 2.35. The van der Waals surface area contributed by atoms with Crippen LogP contribution in [0.4, 0.5) is 13.2 Å². The van der Waals surface area contributed by atoms with E-state index in [0.717, 1.165) is 17.8 Å². The number of hydrogen-bond donors (Lipinski definition) is 0. The SMILES string of the molecule is Cn1cc(-c2cnc3cnc(OS(=O)(=O)C(F)(F)F)cc3c2)cn1. The van der Waals surface area contributed by atoms with Gasteiger partial charge in [-0.25, -0.2) is 4.98 Å². The van der Waals surface area contributed by atoms with Crippen LogP contribution in [0, 0.1) is 0 Å². The number of hydrogen-bond acceptors (Lipinski definition) is 6. The minimum absolute atomic E-state index is 0.374. The molecule has 3 aromatic rings. The molecule has 0 aliphatic heterocycles. The molecule has 24 heavy (non-hydrogen) atoms. The van der Waals surface area contributed by atoms with Gasteiger partial charge in [0.25, 0.3) is 0 Å². The van der Waals surface area contributed by atoms with Crippen molar-refractivity contribution < 1.29 is 25.8 Å². The first-order valence-electron chi connectivity index (χ1n) is 6.41. The van der Waals surface area contributed by atoms with Gasteiger partial charge in [-0.3, -0.25) is 9.67 Å². The molecule has 0 amide bonds. The maximum atomic E-state index is 12.4. The van der Waals surface area contributed by atoms with Crippen LogP contribution in [-0.2, 0) is 17.2 Å². The molecule has 0 N–H and O–H groups in total. The van der Waals surface area contributed by atoms with Gasteiger partial charge in [0.2, 0.25) is 5.88 Å². The number of pyridine rings is 2. The molecule has 0 unspecified atom stereocenters. The van der Waals surface area contributed by atoms with Gasteiger partial charge in [0.1, 0.15) is 0 Å². The highest BCUT2D eigenvalue weighted by Crippen LogP contribution is 2.28. The lowest BCUT2D eigenvalue weighted by atomic mass is 10.1. The first-order valence-corrected chi connectivity index (χ1v) is 7.82. The van der Waals surface area contributed by atoms with Crippen molar-refractivity contribution in [2.24, 2.45) is 7.05 Å². The van der Waals surface area contributed by atoms with Gasteiger partial charge in [0.05, 0.1) is 17.9 Å². The normalized spacial score (nSPS) is 12.5. The minimum Gasteiger partial charge on any atom is -0.355 e. The van der Waals surface area contributed by atoms with Crippen molar-refractivity contribution in [3.05, 3.63) is 36.9 Å². The van der Waals surface area contributed by atoms with Crippen molar-refractivity contribution in [3.63, 3.8) is 0 Å². The topological polar surface area (TPSA) is 87.0 Å². The number of alkyl halides is 3. The number of fused-ring (bicyclic) bond motifs is 1. The van der Waals surface area contributed by atoms with E-state index in [-0.39, 0.29) is 0 Å². The van der Waals surface area contributed by atoms with Gasteiger partial charge in [-0.1, -0.05) is 0 Å². The Labute approximate surface area is 133 Å². The first-order chi connectivity index (χ1) is 11.2. The lowest BCUT2D eigenvalue weighted by Gasteiger charge is -2.09. The largest absolute Gasteiger partial charge is 0.534 e. The van der Waals surface area contributed by atoms with Crippen LogP contribution in [0.1, 0.15) is 0 Å². The Morgan fingerprint density at radius 3 is 2.46 bits per heavy atom. The van der Waals surface area contributed by atoms with Crippen LogP contribution in [0.25, 0.3) is 22.0 Å². The summed E-state index contributed by atoms with van der Waals surface area (Å²) in [6, 6.07) is 2.69. The predicted octanol–water partition coefficient (Wildman–Crippen LogP) is 2.26. The van der Waals surface area contributed by atoms with Crippen LogP contribution in [0.2, 0.25) is 0 Å². The molecule has 0 fully saturated rings. The van der Waals surface area contributed by atoms with Gasteiger partial charge in [-0.05, 0) is 6.07 Å². The molecular formula is C13H9F3N4O3S. The van der Waals surface area contributed by atoms with Gasteiger partial charge < -0.3 is 4.18 Å². The summed E-state index contributed by atoms with van der Waals surface area (Å²) in [5, 5.41) is 4.39. The molecule has 0 aliphatic carbocycles. The van der Waals surface area contributed by atoms with E-state index in [2.05, 4.69) is 19.2 Å². The summed E-state index contributed by atoms with van der Waals surface area (Å²) in [5.74, 6) is -0.690. The zero-order chi connectivity index (χ0) is 17.5. The highest BCUT2D eigenvalue weighted by molar-refractivity contribution is 7.87. The van der Waals surface area contributed by atoms with Gasteiger partial charge in [0, 0.05) is 42.0 Å². The molecule has 7 nitrogen and oxygen atoms in total. The maximum absolute atomic E-state index is 12.4. The summed E-state index contributed by atoms with van der Waals surface area (Å²) in [7, 11) is -4.04. The molecule has 3 aromatic heterocycles. The molecule has 0 atom stereocenters. The first kappa shape index (κ1) is 16.2. The number of halogens is 3. The molecule has 3 heterocycles. The average molecular weight is 358 g/mol. The lowest BCUT2D eigenvalue weighted by Crippen LogP contribution is -2.28. The lowest BCUT2D eigenvalue weighted by molar-refractivity contribution is -0.0501. The van der Waals surface area contributed by atoms with Crippen LogP contribution in [0.5, 0.6) is 5.88 Å². The Bertz CT molecular complexity index is 1010. The predicted molar refractivity (Wildman–Crippen MR) is 77.3 cm³/mol. The Morgan fingerprint density at radius 2 is 1.83 bits per heavy atom. The summed E-state index contributed by atoms with van der Waals surface area (Å²) in [6.45, 7) is 0. The van der Waals surface area contributed by atoms with E-state index >= 15 is 0 Å². The molecule has 3 rings (SSSR count). The van der Waals surface area contributed by atoms with E-state index in [1.807, 2.05) is 0 Å². The van der Waals surface area contributed by atoms with Crippen LogP contribution in [0.3, 0.4) is 0 Å². The van der Waals surface area contributed by atoms with Crippen molar-refractivity contribution in [3.8, 4) is 17.0 Å². The Balaban J connectivity index is 2.01. The number of aryl methyl sites for hydroxylation is 1. The van der Waals surface area contributed by atoms with E-state index < -0.39 is 21.5 Å². The summed E-state index contributed by atoms with van der Waals surface area (Å²) in [4.78, 5) is 7.66. The van der Waals surface area contributed by atoms with Crippen LogP contribution in [0.15, 0.2) is 36.9 Å². The van der Waals surface area contributed by atoms with E-state index in [9.17, 15) is 21.6 Å². The van der Waals surface area contributed by atoms with E-state index in [4.69, 9.17) is 0 Å². The Morgan fingerprint density at radius 1 is 1.08 bits per heavy atom. The molecule has 126 valence electrons. The van der Waals surface area contributed by atoms with Crippen molar-refractivity contribution in [2.45, 2.75) is 5.51 Å². The van der Waals surface area contributed by atoms with Crippen LogP contribution in [-0.4, -0.2) is 33.7 Å². The summed E-state index contributed by atoms with van der Waals surface area (Å²) in [6.07, 6.45) is 6.00. The highest BCUT2D eigenvalue weighted by atomic mass is 32.2. The quantitative estimate of drug-likeness (QED) is 0.527. The molecule has 11 heteroatoms. The molecule has 0 saturated carbocycles. The second-order valence-electron chi connectivity index (χ2n) is 4.83. The second-order valence-corrected chi connectivity index (χ2v) is 6.36. The Hall–Kier alpha value is -2.69. The van der Waals surface area contributed by atoms with Crippen LogP contribution >= 0.6 is 0 Å². The average Bonchev–Trinajstić information content (AvgIpc) is 2.91. The molecule has 0 radical (unpaired) electrons. The molecular weight excluding hydrogens is 349 g/mol. The van der Waals surface area contributed by atoms with E-state index in [1.165, 1.54) is 0 Å².